The van der Waals surface area contributed by atoms with Gasteiger partial charge in [-0.2, -0.15) is 0 Å². The Morgan fingerprint density at radius 2 is 1.83 bits per heavy atom. The SMILES string of the molecule is Cc1nc(N2CCN(Cc3ccccc3)C2=O)sc1C(=O)CCc1ccncc1. The molecule has 1 aromatic carbocycles. The summed E-state index contributed by atoms with van der Waals surface area (Å²) >= 11 is 1.32. The van der Waals surface area contributed by atoms with Crippen molar-refractivity contribution in [1.29, 1.82) is 0 Å². The van der Waals surface area contributed by atoms with Crippen LogP contribution in [0.5, 0.6) is 0 Å². The van der Waals surface area contributed by atoms with Crippen LogP contribution in [0.2, 0.25) is 0 Å². The standard InChI is InChI=1S/C22H22N4O2S/c1-16-20(19(27)8-7-17-9-11-23-12-10-17)29-21(24-16)26-14-13-25(22(26)28)15-18-5-3-2-4-6-18/h2-6,9-12H,7-8,13-15H2,1H3. The van der Waals surface area contributed by atoms with Gasteiger partial charge in [0.15, 0.2) is 10.9 Å². The van der Waals surface area contributed by atoms with Gasteiger partial charge in [-0.1, -0.05) is 41.7 Å². The molecule has 3 heterocycles. The molecule has 0 spiro atoms. The number of carbonyl (C=O) groups is 2. The van der Waals surface area contributed by atoms with Gasteiger partial charge in [0.2, 0.25) is 0 Å². The average molecular weight is 407 g/mol. The fraction of sp³-hybridized carbons (Fsp3) is 0.273. The Kier molecular flexibility index (Phi) is 5.67. The maximum absolute atomic E-state index is 12.8. The Morgan fingerprint density at radius 3 is 2.59 bits per heavy atom. The van der Waals surface area contributed by atoms with Gasteiger partial charge >= 0.3 is 6.03 Å². The number of carbonyl (C=O) groups excluding carboxylic acids is 2. The van der Waals surface area contributed by atoms with E-state index in [4.69, 9.17) is 0 Å². The number of urea groups is 1. The number of pyridine rings is 1. The summed E-state index contributed by atoms with van der Waals surface area (Å²) in [5.74, 6) is 0.0656. The molecule has 1 aliphatic rings. The zero-order valence-electron chi connectivity index (χ0n) is 16.2. The number of rotatable bonds is 7. The molecule has 3 aromatic rings. The van der Waals surface area contributed by atoms with Crippen molar-refractivity contribution in [3.63, 3.8) is 0 Å². The number of thiazole rings is 1. The van der Waals surface area contributed by atoms with Crippen LogP contribution in [0.4, 0.5) is 9.93 Å². The monoisotopic (exact) mass is 406 g/mol. The summed E-state index contributed by atoms with van der Waals surface area (Å²) in [6.07, 6.45) is 4.55. The minimum Gasteiger partial charge on any atom is -0.318 e. The molecule has 4 rings (SSSR count). The first-order valence-corrected chi connectivity index (χ1v) is 10.4. The third-order valence-corrected chi connectivity index (χ3v) is 6.19. The Hall–Kier alpha value is -3.06. The molecule has 1 saturated heterocycles. The van der Waals surface area contributed by atoms with Crippen molar-refractivity contribution in [2.45, 2.75) is 26.3 Å². The van der Waals surface area contributed by atoms with Crippen LogP contribution >= 0.6 is 11.3 Å². The van der Waals surface area contributed by atoms with Crippen molar-refractivity contribution < 1.29 is 9.59 Å². The van der Waals surface area contributed by atoms with Crippen molar-refractivity contribution >= 4 is 28.3 Å². The van der Waals surface area contributed by atoms with Crippen LogP contribution < -0.4 is 4.90 Å². The van der Waals surface area contributed by atoms with Crippen LogP contribution in [0.3, 0.4) is 0 Å². The van der Waals surface area contributed by atoms with Gasteiger partial charge in [0.25, 0.3) is 0 Å². The summed E-state index contributed by atoms with van der Waals surface area (Å²) in [6.45, 7) is 3.65. The van der Waals surface area contributed by atoms with Gasteiger partial charge in [-0.25, -0.2) is 9.78 Å². The van der Waals surface area contributed by atoms with E-state index in [0.29, 0.717) is 48.2 Å². The molecule has 0 unspecified atom stereocenters. The minimum absolute atomic E-state index is 0.0570. The Bertz CT molecular complexity index is 1000. The fourth-order valence-corrected chi connectivity index (χ4v) is 4.44. The summed E-state index contributed by atoms with van der Waals surface area (Å²) in [4.78, 5) is 38.2. The molecule has 0 bridgehead atoms. The molecule has 7 heteroatoms. The zero-order chi connectivity index (χ0) is 20.2. The number of hydrogen-bond acceptors (Lipinski definition) is 5. The first-order chi connectivity index (χ1) is 14.1. The number of aryl methyl sites for hydroxylation is 2. The number of benzene rings is 1. The zero-order valence-corrected chi connectivity index (χ0v) is 17.1. The number of anilines is 1. The topological polar surface area (TPSA) is 66.4 Å². The van der Waals surface area contributed by atoms with Crippen LogP contribution in [0.1, 0.15) is 32.9 Å². The number of Topliss-reactive ketones (excluding diaryl/α,β-unsaturated/α-hetero) is 1. The van der Waals surface area contributed by atoms with Crippen LogP contribution in [0, 0.1) is 6.92 Å². The fourth-order valence-electron chi connectivity index (χ4n) is 3.39. The summed E-state index contributed by atoms with van der Waals surface area (Å²) in [6, 6.07) is 13.7. The molecule has 0 atom stereocenters. The average Bonchev–Trinajstić information content (AvgIpc) is 3.30. The van der Waals surface area contributed by atoms with Crippen LogP contribution in [0.25, 0.3) is 0 Å². The molecule has 2 aromatic heterocycles. The van der Waals surface area contributed by atoms with Crippen molar-refractivity contribution in [1.82, 2.24) is 14.9 Å². The van der Waals surface area contributed by atoms with Gasteiger partial charge < -0.3 is 4.90 Å². The summed E-state index contributed by atoms with van der Waals surface area (Å²) < 4.78 is 0. The number of aromatic nitrogens is 2. The Labute approximate surface area is 173 Å². The van der Waals surface area contributed by atoms with E-state index in [1.165, 1.54) is 11.3 Å². The van der Waals surface area contributed by atoms with Crippen molar-refractivity contribution in [3.05, 3.63) is 76.6 Å². The highest BCUT2D eigenvalue weighted by atomic mass is 32.1. The highest BCUT2D eigenvalue weighted by molar-refractivity contribution is 7.17. The lowest BCUT2D eigenvalue weighted by Crippen LogP contribution is -2.31. The number of amides is 2. The maximum Gasteiger partial charge on any atom is 0.326 e. The van der Waals surface area contributed by atoms with E-state index >= 15 is 0 Å². The second kappa shape index (κ2) is 8.53. The van der Waals surface area contributed by atoms with E-state index in [1.54, 1.807) is 17.3 Å². The van der Waals surface area contributed by atoms with Gasteiger partial charge in [0.1, 0.15) is 0 Å². The Balaban J connectivity index is 1.42. The van der Waals surface area contributed by atoms with Gasteiger partial charge in [0.05, 0.1) is 10.6 Å². The third kappa shape index (κ3) is 4.35. The molecule has 2 amide bonds. The smallest absolute Gasteiger partial charge is 0.318 e. The van der Waals surface area contributed by atoms with Gasteiger partial charge in [-0.05, 0) is 36.6 Å². The first kappa shape index (κ1) is 19.3. The lowest BCUT2D eigenvalue weighted by molar-refractivity contribution is 0.0986. The predicted octanol–water partition coefficient (Wildman–Crippen LogP) is 4.10. The summed E-state index contributed by atoms with van der Waals surface area (Å²) in [7, 11) is 0. The normalized spacial score (nSPS) is 13.9. The number of ketones is 1. The molecule has 1 aliphatic heterocycles. The highest BCUT2D eigenvalue weighted by Crippen LogP contribution is 2.30. The number of hydrogen-bond donors (Lipinski definition) is 0. The molecule has 0 saturated carbocycles. The quantitative estimate of drug-likeness (QED) is 0.554. The summed E-state index contributed by atoms with van der Waals surface area (Å²) in [5.41, 5.74) is 2.88. The molecule has 29 heavy (non-hydrogen) atoms. The molecular weight excluding hydrogens is 384 g/mol. The van der Waals surface area contributed by atoms with E-state index in [2.05, 4.69) is 9.97 Å². The molecule has 6 nitrogen and oxygen atoms in total. The maximum atomic E-state index is 12.8. The second-order valence-electron chi connectivity index (χ2n) is 7.03. The van der Waals surface area contributed by atoms with E-state index < -0.39 is 0 Å². The molecule has 0 aliphatic carbocycles. The molecular formula is C22H22N4O2S. The van der Waals surface area contributed by atoms with Crippen molar-refractivity contribution in [3.8, 4) is 0 Å². The van der Waals surface area contributed by atoms with E-state index in [9.17, 15) is 9.59 Å². The second-order valence-corrected chi connectivity index (χ2v) is 8.01. The van der Waals surface area contributed by atoms with Crippen molar-refractivity contribution in [2.24, 2.45) is 0 Å². The Morgan fingerprint density at radius 1 is 1.07 bits per heavy atom. The number of nitrogens with zero attached hydrogens (tertiary/aromatic N) is 4. The van der Waals surface area contributed by atoms with Crippen LogP contribution in [-0.2, 0) is 13.0 Å². The van der Waals surface area contributed by atoms with Gasteiger partial charge in [0, 0.05) is 38.4 Å². The lowest BCUT2D eigenvalue weighted by atomic mass is 10.1. The van der Waals surface area contributed by atoms with Crippen LogP contribution in [-0.4, -0.2) is 39.8 Å². The first-order valence-electron chi connectivity index (χ1n) is 9.61. The minimum atomic E-state index is -0.0570. The molecule has 1 fully saturated rings. The lowest BCUT2D eigenvalue weighted by Gasteiger charge is -2.16. The van der Waals surface area contributed by atoms with Gasteiger partial charge in [-0.15, -0.1) is 0 Å². The van der Waals surface area contributed by atoms with E-state index in [1.807, 2.05) is 54.3 Å². The van der Waals surface area contributed by atoms with Crippen molar-refractivity contribution in [2.75, 3.05) is 18.0 Å². The third-order valence-electron chi connectivity index (χ3n) is 4.97. The molecule has 0 N–H and O–H groups in total. The van der Waals surface area contributed by atoms with Gasteiger partial charge in [-0.3, -0.25) is 14.7 Å². The molecule has 148 valence electrons. The largest absolute Gasteiger partial charge is 0.326 e. The van der Waals surface area contributed by atoms with E-state index in [-0.39, 0.29) is 11.8 Å². The summed E-state index contributed by atoms with van der Waals surface area (Å²) in [5, 5.41) is 0.607. The predicted molar refractivity (Wildman–Crippen MR) is 113 cm³/mol. The van der Waals surface area contributed by atoms with Crippen LogP contribution in [0.15, 0.2) is 54.9 Å². The molecule has 0 radical (unpaired) electrons. The highest BCUT2D eigenvalue weighted by Gasteiger charge is 2.32. The van der Waals surface area contributed by atoms with E-state index in [0.717, 1.165) is 11.1 Å².